The highest BCUT2D eigenvalue weighted by Gasteiger charge is 2.21. The van der Waals surface area contributed by atoms with Gasteiger partial charge in [-0.3, -0.25) is 0 Å². The first-order valence-electron chi connectivity index (χ1n) is 7.81. The van der Waals surface area contributed by atoms with E-state index in [1.165, 1.54) is 54.6 Å². The fraction of sp³-hybridized carbons (Fsp3) is 0.471. The highest BCUT2D eigenvalue weighted by Crippen LogP contribution is 2.37. The van der Waals surface area contributed by atoms with Crippen LogP contribution in [0.25, 0.3) is 11.3 Å². The molecule has 1 fully saturated rings. The van der Waals surface area contributed by atoms with Gasteiger partial charge in [0.2, 0.25) is 0 Å². The SMILES string of the molecule is c1cc2c(c(-c3cncn3C3CCCCC3)c1)NCC2. The van der Waals surface area contributed by atoms with Crippen molar-refractivity contribution in [1.29, 1.82) is 0 Å². The highest BCUT2D eigenvalue weighted by atomic mass is 15.1. The molecule has 1 aliphatic heterocycles. The van der Waals surface area contributed by atoms with Crippen LogP contribution in [0.3, 0.4) is 0 Å². The first kappa shape index (κ1) is 12.0. The average Bonchev–Trinajstić information content (AvgIpc) is 3.16. The molecule has 0 bridgehead atoms. The van der Waals surface area contributed by atoms with E-state index in [9.17, 15) is 0 Å². The Morgan fingerprint density at radius 2 is 2.05 bits per heavy atom. The Labute approximate surface area is 120 Å². The predicted molar refractivity (Wildman–Crippen MR) is 82.0 cm³/mol. The second-order valence-corrected chi connectivity index (χ2v) is 5.99. The lowest BCUT2D eigenvalue weighted by Gasteiger charge is -2.25. The Bertz CT molecular complexity index is 608. The second kappa shape index (κ2) is 4.97. The van der Waals surface area contributed by atoms with Gasteiger partial charge in [0.05, 0.1) is 18.2 Å². The minimum atomic E-state index is 0.638. The lowest BCUT2D eigenvalue weighted by Crippen LogP contribution is -2.13. The van der Waals surface area contributed by atoms with Crippen LogP contribution in [-0.2, 0) is 6.42 Å². The van der Waals surface area contributed by atoms with Crippen LogP contribution in [0.2, 0.25) is 0 Å². The van der Waals surface area contributed by atoms with Gasteiger partial charge in [0, 0.05) is 23.8 Å². The molecule has 104 valence electrons. The Morgan fingerprint density at radius 1 is 1.15 bits per heavy atom. The highest BCUT2D eigenvalue weighted by molar-refractivity contribution is 5.79. The zero-order chi connectivity index (χ0) is 13.4. The zero-order valence-electron chi connectivity index (χ0n) is 11.8. The normalized spacial score (nSPS) is 18.8. The van der Waals surface area contributed by atoms with E-state index in [2.05, 4.69) is 33.1 Å². The third kappa shape index (κ3) is 1.92. The maximum atomic E-state index is 4.43. The van der Waals surface area contributed by atoms with Gasteiger partial charge < -0.3 is 9.88 Å². The number of fused-ring (bicyclic) bond motifs is 1. The van der Waals surface area contributed by atoms with Crippen molar-refractivity contribution in [3.05, 3.63) is 36.3 Å². The van der Waals surface area contributed by atoms with Crippen molar-refractivity contribution in [2.75, 3.05) is 11.9 Å². The smallest absolute Gasteiger partial charge is 0.0953 e. The molecule has 3 heteroatoms. The summed E-state index contributed by atoms with van der Waals surface area (Å²) >= 11 is 0. The number of anilines is 1. The van der Waals surface area contributed by atoms with Gasteiger partial charge in [0.15, 0.2) is 0 Å². The van der Waals surface area contributed by atoms with E-state index in [4.69, 9.17) is 0 Å². The van der Waals surface area contributed by atoms with Gasteiger partial charge in [-0.2, -0.15) is 0 Å². The van der Waals surface area contributed by atoms with Crippen molar-refractivity contribution in [3.8, 4) is 11.3 Å². The molecule has 0 amide bonds. The summed E-state index contributed by atoms with van der Waals surface area (Å²) in [6, 6.07) is 7.28. The van der Waals surface area contributed by atoms with Crippen molar-refractivity contribution in [1.82, 2.24) is 9.55 Å². The molecule has 0 saturated heterocycles. The van der Waals surface area contributed by atoms with Gasteiger partial charge >= 0.3 is 0 Å². The number of nitrogens with zero attached hydrogens (tertiary/aromatic N) is 2. The third-order valence-electron chi connectivity index (χ3n) is 4.76. The zero-order valence-corrected chi connectivity index (χ0v) is 11.8. The lowest BCUT2D eigenvalue weighted by molar-refractivity contribution is 0.355. The Balaban J connectivity index is 1.76. The Hall–Kier alpha value is -1.77. The van der Waals surface area contributed by atoms with Gasteiger partial charge in [-0.15, -0.1) is 0 Å². The van der Waals surface area contributed by atoms with Crippen LogP contribution in [-0.4, -0.2) is 16.1 Å². The summed E-state index contributed by atoms with van der Waals surface area (Å²) in [6.45, 7) is 1.06. The summed E-state index contributed by atoms with van der Waals surface area (Å²) in [7, 11) is 0. The van der Waals surface area contributed by atoms with Crippen LogP contribution in [0.15, 0.2) is 30.7 Å². The first-order valence-corrected chi connectivity index (χ1v) is 7.81. The number of hydrogen-bond acceptors (Lipinski definition) is 2. The van der Waals surface area contributed by atoms with E-state index in [0.29, 0.717) is 6.04 Å². The Morgan fingerprint density at radius 3 is 2.95 bits per heavy atom. The van der Waals surface area contributed by atoms with Crippen LogP contribution >= 0.6 is 0 Å². The van der Waals surface area contributed by atoms with Crippen LogP contribution in [0.5, 0.6) is 0 Å². The number of nitrogens with one attached hydrogen (secondary N) is 1. The maximum absolute atomic E-state index is 4.43. The van der Waals surface area contributed by atoms with E-state index in [1.807, 2.05) is 12.5 Å². The van der Waals surface area contributed by atoms with E-state index in [1.54, 1.807) is 0 Å². The van der Waals surface area contributed by atoms with Crippen molar-refractivity contribution >= 4 is 5.69 Å². The molecule has 2 aromatic rings. The molecular weight excluding hydrogens is 246 g/mol. The van der Waals surface area contributed by atoms with Gasteiger partial charge in [0.1, 0.15) is 0 Å². The van der Waals surface area contributed by atoms with Crippen LogP contribution in [0, 0.1) is 0 Å². The number of benzene rings is 1. The summed E-state index contributed by atoms with van der Waals surface area (Å²) in [4.78, 5) is 4.43. The van der Waals surface area contributed by atoms with Gasteiger partial charge in [-0.25, -0.2) is 4.98 Å². The van der Waals surface area contributed by atoms with Crippen molar-refractivity contribution < 1.29 is 0 Å². The van der Waals surface area contributed by atoms with E-state index >= 15 is 0 Å². The van der Waals surface area contributed by atoms with Crippen molar-refractivity contribution in [2.24, 2.45) is 0 Å². The van der Waals surface area contributed by atoms with Crippen molar-refractivity contribution in [2.45, 2.75) is 44.6 Å². The number of imidazole rings is 1. The fourth-order valence-electron chi connectivity index (χ4n) is 3.72. The topological polar surface area (TPSA) is 29.9 Å². The molecule has 3 nitrogen and oxygen atoms in total. The quantitative estimate of drug-likeness (QED) is 0.890. The minimum Gasteiger partial charge on any atom is -0.384 e. The van der Waals surface area contributed by atoms with Gasteiger partial charge in [-0.1, -0.05) is 37.5 Å². The average molecular weight is 267 g/mol. The molecule has 0 spiro atoms. The molecule has 0 radical (unpaired) electrons. The maximum Gasteiger partial charge on any atom is 0.0953 e. The monoisotopic (exact) mass is 267 g/mol. The molecule has 2 aliphatic rings. The van der Waals surface area contributed by atoms with Crippen molar-refractivity contribution in [3.63, 3.8) is 0 Å². The minimum absolute atomic E-state index is 0.638. The largest absolute Gasteiger partial charge is 0.384 e. The van der Waals surface area contributed by atoms with Gasteiger partial charge in [-0.05, 0) is 24.8 Å². The predicted octanol–water partition coefficient (Wildman–Crippen LogP) is 4.02. The molecule has 1 aliphatic carbocycles. The fourth-order valence-corrected chi connectivity index (χ4v) is 3.72. The van der Waals surface area contributed by atoms with Crippen LogP contribution in [0.1, 0.15) is 43.7 Å². The Kier molecular flexibility index (Phi) is 2.98. The van der Waals surface area contributed by atoms with E-state index in [0.717, 1.165) is 13.0 Å². The molecule has 2 heterocycles. The van der Waals surface area contributed by atoms with E-state index in [-0.39, 0.29) is 0 Å². The van der Waals surface area contributed by atoms with Gasteiger partial charge in [0.25, 0.3) is 0 Å². The number of rotatable bonds is 2. The molecule has 1 saturated carbocycles. The molecule has 1 aromatic heterocycles. The summed E-state index contributed by atoms with van der Waals surface area (Å²) < 4.78 is 2.41. The molecule has 0 atom stereocenters. The summed E-state index contributed by atoms with van der Waals surface area (Å²) in [5, 5.41) is 3.55. The standard InChI is InChI=1S/C17H21N3/c1-2-6-14(7-3-1)20-12-18-11-16(20)15-8-4-5-13-9-10-19-17(13)15/h4-5,8,11-12,14,19H,1-3,6-7,9-10H2. The van der Waals surface area contributed by atoms with Crippen LogP contribution < -0.4 is 5.32 Å². The first-order chi connectivity index (χ1) is 9.93. The second-order valence-electron chi connectivity index (χ2n) is 5.99. The number of hydrogen-bond donors (Lipinski definition) is 1. The molecule has 4 rings (SSSR count). The summed E-state index contributed by atoms with van der Waals surface area (Å²) in [5.74, 6) is 0. The third-order valence-corrected chi connectivity index (χ3v) is 4.76. The molecule has 0 unspecified atom stereocenters. The molecular formula is C17H21N3. The summed E-state index contributed by atoms with van der Waals surface area (Å²) in [5.41, 5.74) is 5.37. The van der Waals surface area contributed by atoms with Crippen LogP contribution in [0.4, 0.5) is 5.69 Å². The summed E-state index contributed by atoms with van der Waals surface area (Å²) in [6.07, 6.45) is 11.9. The molecule has 1 N–H and O–H groups in total. The number of aromatic nitrogens is 2. The molecule has 20 heavy (non-hydrogen) atoms. The molecule has 1 aromatic carbocycles. The number of para-hydroxylation sites is 1. The lowest BCUT2D eigenvalue weighted by atomic mass is 9.94. The van der Waals surface area contributed by atoms with E-state index < -0.39 is 0 Å².